The summed E-state index contributed by atoms with van der Waals surface area (Å²) in [5.74, 6) is -0.425. The van der Waals surface area contributed by atoms with Gasteiger partial charge in [-0.15, -0.1) is 0 Å². The first-order chi connectivity index (χ1) is 6.70. The number of carbonyl (C=O) groups excluding carboxylic acids is 1. The maximum atomic E-state index is 10.9. The molecular weight excluding hydrogens is 180 g/mol. The van der Waals surface area contributed by atoms with Crippen molar-refractivity contribution in [2.45, 2.75) is 32.6 Å². The molecule has 14 heavy (non-hydrogen) atoms. The van der Waals surface area contributed by atoms with E-state index in [0.29, 0.717) is 6.42 Å². The highest BCUT2D eigenvalue weighted by molar-refractivity contribution is 5.82. The second kappa shape index (κ2) is 8.35. The molecule has 0 spiro atoms. The number of hydrogen-bond donors (Lipinski definition) is 1. The number of carbonyl (C=O) groups is 1. The summed E-state index contributed by atoms with van der Waals surface area (Å²) in [6.45, 7) is 5.67. The lowest BCUT2D eigenvalue weighted by molar-refractivity contribution is -0.136. The summed E-state index contributed by atoms with van der Waals surface area (Å²) in [7, 11) is 0. The Kier molecular flexibility index (Phi) is 7.61. The zero-order valence-corrected chi connectivity index (χ0v) is 8.66. The van der Waals surface area contributed by atoms with Gasteiger partial charge in [0, 0.05) is 6.42 Å². The van der Waals surface area contributed by atoms with Gasteiger partial charge in [-0.3, -0.25) is 0 Å². The number of rotatable bonds is 7. The summed E-state index contributed by atoms with van der Waals surface area (Å²) >= 11 is 0. The van der Waals surface area contributed by atoms with Crippen LogP contribution in [0, 0.1) is 0 Å². The highest BCUT2D eigenvalue weighted by Crippen LogP contribution is 2.05. The second-order valence-electron chi connectivity index (χ2n) is 3.01. The van der Waals surface area contributed by atoms with Crippen LogP contribution in [0.25, 0.3) is 0 Å². The van der Waals surface area contributed by atoms with Gasteiger partial charge in [0.15, 0.2) is 0 Å². The Hall–Kier alpha value is -1.25. The Morgan fingerprint density at radius 3 is 2.79 bits per heavy atom. The first-order valence-electron chi connectivity index (χ1n) is 4.88. The van der Waals surface area contributed by atoms with E-state index in [9.17, 15) is 9.90 Å². The summed E-state index contributed by atoms with van der Waals surface area (Å²) in [4.78, 5) is 10.9. The van der Waals surface area contributed by atoms with Crippen LogP contribution in [0.2, 0.25) is 0 Å². The molecule has 0 bridgehead atoms. The van der Waals surface area contributed by atoms with Gasteiger partial charge in [-0.1, -0.05) is 32.4 Å². The fraction of sp³-hybridized carbons (Fsp3) is 0.545. The van der Waals surface area contributed by atoms with Crippen molar-refractivity contribution in [2.24, 2.45) is 0 Å². The highest BCUT2D eigenvalue weighted by atomic mass is 16.5. The van der Waals surface area contributed by atoms with Gasteiger partial charge < -0.3 is 9.84 Å². The van der Waals surface area contributed by atoms with Crippen LogP contribution < -0.4 is 0 Å². The zero-order chi connectivity index (χ0) is 10.8. The van der Waals surface area contributed by atoms with E-state index in [0.717, 1.165) is 25.3 Å². The molecule has 0 aliphatic rings. The molecule has 0 fully saturated rings. The van der Waals surface area contributed by atoms with Gasteiger partial charge in [0.25, 0.3) is 0 Å². The van der Waals surface area contributed by atoms with Crippen LogP contribution in [0.4, 0.5) is 0 Å². The zero-order valence-electron chi connectivity index (χ0n) is 8.66. The minimum Gasteiger partial charge on any atom is -0.512 e. The Balaban J connectivity index is 3.72. The molecule has 0 heterocycles. The Morgan fingerprint density at radius 2 is 2.21 bits per heavy atom. The third kappa shape index (κ3) is 7.40. The van der Waals surface area contributed by atoms with E-state index in [2.05, 4.69) is 18.2 Å². The minimum absolute atomic E-state index is 0.0903. The van der Waals surface area contributed by atoms with E-state index < -0.39 is 5.97 Å². The van der Waals surface area contributed by atoms with Crippen molar-refractivity contribution < 1.29 is 14.6 Å². The quantitative estimate of drug-likeness (QED) is 0.225. The average molecular weight is 198 g/mol. The highest BCUT2D eigenvalue weighted by Gasteiger charge is 2.00. The molecule has 80 valence electrons. The van der Waals surface area contributed by atoms with Crippen molar-refractivity contribution in [3.8, 4) is 0 Å². The fourth-order valence-electron chi connectivity index (χ4n) is 0.947. The topological polar surface area (TPSA) is 46.5 Å². The Morgan fingerprint density at radius 1 is 1.50 bits per heavy atom. The first-order valence-corrected chi connectivity index (χ1v) is 4.88. The van der Waals surface area contributed by atoms with Crippen LogP contribution in [-0.2, 0) is 9.53 Å². The largest absolute Gasteiger partial charge is 0.512 e. The molecule has 0 aromatic rings. The first kappa shape index (κ1) is 12.8. The molecule has 0 saturated heterocycles. The molecule has 0 aliphatic heterocycles. The van der Waals surface area contributed by atoms with Gasteiger partial charge in [0.2, 0.25) is 0 Å². The normalized spacial score (nSPS) is 11.1. The van der Waals surface area contributed by atoms with Crippen LogP contribution in [0.1, 0.15) is 32.6 Å². The molecule has 0 unspecified atom stereocenters. The molecule has 0 amide bonds. The van der Waals surface area contributed by atoms with E-state index in [4.69, 9.17) is 0 Å². The maximum Gasteiger partial charge on any atom is 0.334 e. The number of allylic oxidation sites excluding steroid dienone is 1. The van der Waals surface area contributed by atoms with Crippen molar-refractivity contribution in [1.29, 1.82) is 0 Å². The molecule has 0 aromatic carbocycles. The lowest BCUT2D eigenvalue weighted by atomic mass is 10.2. The van der Waals surface area contributed by atoms with Gasteiger partial charge in [0.1, 0.15) is 6.61 Å². The predicted octanol–water partition coefficient (Wildman–Crippen LogP) is 2.74. The van der Waals surface area contributed by atoms with Crippen molar-refractivity contribution in [3.63, 3.8) is 0 Å². The SMILES string of the molecule is C=CCOC(=O)/C=C(/O)CCCCC. The van der Waals surface area contributed by atoms with Gasteiger partial charge in [-0.2, -0.15) is 0 Å². The number of hydrogen-bond acceptors (Lipinski definition) is 3. The van der Waals surface area contributed by atoms with Gasteiger partial charge in [-0.05, 0) is 6.42 Å². The standard InChI is InChI=1S/C11H18O3/c1-3-5-6-7-10(12)9-11(13)14-8-4-2/h4,9,12H,2-3,5-8H2,1H3/b10-9+. The van der Waals surface area contributed by atoms with Crippen LogP contribution in [-0.4, -0.2) is 17.7 Å². The Bertz CT molecular complexity index is 207. The van der Waals surface area contributed by atoms with Gasteiger partial charge in [-0.25, -0.2) is 4.79 Å². The van der Waals surface area contributed by atoms with E-state index in [1.54, 1.807) is 0 Å². The van der Waals surface area contributed by atoms with E-state index in [-0.39, 0.29) is 12.4 Å². The molecule has 0 radical (unpaired) electrons. The van der Waals surface area contributed by atoms with Gasteiger partial charge >= 0.3 is 5.97 Å². The molecule has 1 N–H and O–H groups in total. The fourth-order valence-corrected chi connectivity index (χ4v) is 0.947. The van der Waals surface area contributed by atoms with E-state index in [1.165, 1.54) is 6.08 Å². The Labute approximate surface area is 85.1 Å². The second-order valence-corrected chi connectivity index (χ2v) is 3.01. The monoisotopic (exact) mass is 198 g/mol. The number of aliphatic hydroxyl groups excluding tert-OH is 1. The van der Waals surface area contributed by atoms with Crippen LogP contribution >= 0.6 is 0 Å². The number of unbranched alkanes of at least 4 members (excludes halogenated alkanes) is 2. The molecule has 0 saturated carbocycles. The summed E-state index contributed by atoms with van der Waals surface area (Å²) in [5.41, 5.74) is 0. The van der Waals surface area contributed by atoms with E-state index in [1.807, 2.05) is 0 Å². The molecule has 0 atom stereocenters. The summed E-state index contributed by atoms with van der Waals surface area (Å²) in [6.07, 6.45) is 6.19. The van der Waals surface area contributed by atoms with Crippen LogP contribution in [0.3, 0.4) is 0 Å². The molecule has 3 nitrogen and oxygen atoms in total. The van der Waals surface area contributed by atoms with Crippen molar-refractivity contribution >= 4 is 5.97 Å². The van der Waals surface area contributed by atoms with Crippen LogP contribution in [0.15, 0.2) is 24.5 Å². The lowest BCUT2D eigenvalue weighted by Crippen LogP contribution is -2.01. The number of ether oxygens (including phenoxy) is 1. The van der Waals surface area contributed by atoms with Crippen molar-refractivity contribution in [1.82, 2.24) is 0 Å². The lowest BCUT2D eigenvalue weighted by Gasteiger charge is -1.99. The molecule has 3 heteroatoms. The van der Waals surface area contributed by atoms with Crippen LogP contribution in [0.5, 0.6) is 0 Å². The van der Waals surface area contributed by atoms with Crippen molar-refractivity contribution in [3.05, 3.63) is 24.5 Å². The third-order valence-corrected chi connectivity index (χ3v) is 1.66. The average Bonchev–Trinajstić information content (AvgIpc) is 2.15. The molecule has 0 aliphatic carbocycles. The number of esters is 1. The summed E-state index contributed by atoms with van der Waals surface area (Å²) in [6, 6.07) is 0. The summed E-state index contributed by atoms with van der Waals surface area (Å²) in [5, 5.41) is 9.28. The van der Waals surface area contributed by atoms with E-state index >= 15 is 0 Å². The number of aliphatic hydroxyl groups is 1. The van der Waals surface area contributed by atoms with Crippen molar-refractivity contribution in [2.75, 3.05) is 6.61 Å². The maximum absolute atomic E-state index is 10.9. The summed E-state index contributed by atoms with van der Waals surface area (Å²) < 4.78 is 4.67. The third-order valence-electron chi connectivity index (χ3n) is 1.66. The molecule has 0 aromatic heterocycles. The smallest absolute Gasteiger partial charge is 0.334 e. The minimum atomic E-state index is -0.515. The molecular formula is C11H18O3. The molecule has 0 rings (SSSR count). The predicted molar refractivity (Wildman–Crippen MR) is 56.0 cm³/mol. The van der Waals surface area contributed by atoms with Gasteiger partial charge in [0.05, 0.1) is 11.8 Å².